The molecule has 0 aromatic carbocycles. The summed E-state index contributed by atoms with van der Waals surface area (Å²) in [5, 5.41) is 0. The molecule has 0 aliphatic rings. The normalized spacial score (nSPS) is 8.52. The average Bonchev–Trinajstić information content (AvgIpc) is 2.95. The standard InChI is InChI=1S/C4H5N2.2C3H9BO3.Li/c1-4-2-5-3-6-4;2*1-5-4(6-2)7-3;/h2-3H,1H3;2*1-3H3;/q-1;;;+1. The van der Waals surface area contributed by atoms with E-state index in [-0.39, 0.29) is 18.9 Å². The summed E-state index contributed by atoms with van der Waals surface area (Å²) in [5.74, 6) is 0. The van der Waals surface area contributed by atoms with Crippen LogP contribution in [0.5, 0.6) is 0 Å². The second-order valence-corrected chi connectivity index (χ2v) is 3.16. The Hall–Kier alpha value is -0.303. The molecular weight excluding hydrogens is 273 g/mol. The number of aromatic nitrogens is 2. The molecule has 1 aromatic heterocycles. The Morgan fingerprint density at radius 1 is 0.810 bits per heavy atom. The molecule has 0 unspecified atom stereocenters. The van der Waals surface area contributed by atoms with Gasteiger partial charge in [0.25, 0.3) is 0 Å². The fourth-order valence-corrected chi connectivity index (χ4v) is 0.876. The van der Waals surface area contributed by atoms with E-state index in [4.69, 9.17) is 0 Å². The summed E-state index contributed by atoms with van der Waals surface area (Å²) in [7, 11) is 8.04. The first-order chi connectivity index (χ1) is 9.59. The Labute approximate surface area is 139 Å². The van der Waals surface area contributed by atoms with Crippen molar-refractivity contribution >= 4 is 14.6 Å². The third kappa shape index (κ3) is 17.6. The van der Waals surface area contributed by atoms with E-state index in [0.717, 1.165) is 5.69 Å². The van der Waals surface area contributed by atoms with Crippen LogP contribution in [0.2, 0.25) is 0 Å². The van der Waals surface area contributed by atoms with Crippen molar-refractivity contribution in [1.29, 1.82) is 0 Å². The zero-order chi connectivity index (χ0) is 15.8. The van der Waals surface area contributed by atoms with Crippen LogP contribution in [0.15, 0.2) is 12.5 Å². The van der Waals surface area contributed by atoms with Crippen LogP contribution in [0, 0.1) is 6.92 Å². The van der Waals surface area contributed by atoms with E-state index < -0.39 is 14.6 Å². The third-order valence-corrected chi connectivity index (χ3v) is 1.74. The van der Waals surface area contributed by atoms with Gasteiger partial charge >= 0.3 is 33.5 Å². The maximum Gasteiger partial charge on any atom is 1.00 e. The topological polar surface area (TPSA) is 82.4 Å². The second-order valence-electron chi connectivity index (χ2n) is 3.16. The average molecular weight is 296 g/mol. The minimum atomic E-state index is -0.514. The molecule has 1 rings (SSSR count). The summed E-state index contributed by atoms with van der Waals surface area (Å²) in [4.78, 5) is 7.52. The Kier molecular flexibility index (Phi) is 24.0. The molecule has 1 aromatic rings. The molecule has 0 spiro atoms. The largest absolute Gasteiger partial charge is 1.00 e. The molecule has 0 fully saturated rings. The summed E-state index contributed by atoms with van der Waals surface area (Å²) >= 11 is 0. The van der Waals surface area contributed by atoms with Gasteiger partial charge in [0.2, 0.25) is 0 Å². The molecule has 116 valence electrons. The Morgan fingerprint density at radius 3 is 1.19 bits per heavy atom. The van der Waals surface area contributed by atoms with Crippen LogP contribution in [0.4, 0.5) is 0 Å². The van der Waals surface area contributed by atoms with Crippen LogP contribution in [0.3, 0.4) is 0 Å². The van der Waals surface area contributed by atoms with Crippen molar-refractivity contribution in [3.05, 3.63) is 18.2 Å². The molecule has 0 atom stereocenters. The van der Waals surface area contributed by atoms with Crippen molar-refractivity contribution in [1.82, 2.24) is 9.97 Å². The summed E-state index contributed by atoms with van der Waals surface area (Å²) in [5.41, 5.74) is 0.981. The van der Waals surface area contributed by atoms with Crippen LogP contribution < -0.4 is 23.8 Å². The summed E-state index contributed by atoms with van der Waals surface area (Å²) in [6.07, 6.45) is 3.26. The number of hydrogen-bond acceptors (Lipinski definition) is 7. The Bertz CT molecular complexity index is 254. The Balaban J connectivity index is -0.000000226. The molecule has 0 radical (unpaired) electrons. The zero-order valence-electron chi connectivity index (χ0n) is 14.2. The van der Waals surface area contributed by atoms with Crippen LogP contribution >= 0.6 is 0 Å². The molecule has 11 heteroatoms. The van der Waals surface area contributed by atoms with Crippen molar-refractivity contribution in [2.75, 3.05) is 42.7 Å². The van der Waals surface area contributed by atoms with Gasteiger partial charge in [-0.2, -0.15) is 0 Å². The van der Waals surface area contributed by atoms with Gasteiger partial charge in [0.05, 0.1) is 0 Å². The first-order valence-corrected chi connectivity index (χ1v) is 5.65. The van der Waals surface area contributed by atoms with Gasteiger partial charge in [0, 0.05) is 42.7 Å². The van der Waals surface area contributed by atoms with Crippen molar-refractivity contribution in [3.8, 4) is 0 Å². The maximum absolute atomic E-state index is 4.60. The van der Waals surface area contributed by atoms with Crippen molar-refractivity contribution in [2.45, 2.75) is 6.92 Å². The van der Waals surface area contributed by atoms with E-state index in [9.17, 15) is 0 Å². The molecule has 0 amide bonds. The number of hydrogen-bond donors (Lipinski definition) is 0. The van der Waals surface area contributed by atoms with Gasteiger partial charge in [0.1, 0.15) is 0 Å². The van der Waals surface area contributed by atoms with E-state index in [0.29, 0.717) is 0 Å². The quantitative estimate of drug-likeness (QED) is 0.520. The molecule has 8 nitrogen and oxygen atoms in total. The maximum atomic E-state index is 4.60. The zero-order valence-corrected chi connectivity index (χ0v) is 14.2. The van der Waals surface area contributed by atoms with E-state index in [2.05, 4.69) is 37.9 Å². The first-order valence-electron chi connectivity index (χ1n) is 5.65. The van der Waals surface area contributed by atoms with Crippen LogP contribution in [0.1, 0.15) is 5.69 Å². The van der Waals surface area contributed by atoms with Crippen LogP contribution in [-0.4, -0.2) is 62.3 Å². The van der Waals surface area contributed by atoms with Crippen molar-refractivity contribution < 1.29 is 46.8 Å². The predicted octanol–water partition coefficient (Wildman–Crippen LogP) is -2.83. The van der Waals surface area contributed by atoms with E-state index in [1.165, 1.54) is 49.0 Å². The van der Waals surface area contributed by atoms with Gasteiger partial charge in [-0.1, -0.05) is 18.2 Å². The van der Waals surface area contributed by atoms with E-state index in [1.807, 2.05) is 6.92 Å². The minimum absolute atomic E-state index is 0. The summed E-state index contributed by atoms with van der Waals surface area (Å²) < 4.78 is 27.6. The SMILES string of the molecule is COB(OC)OC.COB(OC)OC.Cc1c[n-]cn1.[Li+]. The summed E-state index contributed by atoms with van der Waals surface area (Å²) in [6, 6.07) is 0. The van der Waals surface area contributed by atoms with E-state index in [1.54, 1.807) is 6.20 Å². The number of nitrogens with zero attached hydrogens (tertiary/aromatic N) is 2. The molecule has 21 heavy (non-hydrogen) atoms. The van der Waals surface area contributed by atoms with Gasteiger partial charge in [0.15, 0.2) is 0 Å². The van der Waals surface area contributed by atoms with E-state index >= 15 is 0 Å². The number of imidazole rings is 1. The summed E-state index contributed by atoms with van der Waals surface area (Å²) in [6.45, 7) is 1.91. The molecule has 0 aliphatic heterocycles. The second kappa shape index (κ2) is 19.7. The third-order valence-electron chi connectivity index (χ3n) is 1.74. The van der Waals surface area contributed by atoms with Gasteiger partial charge in [-0.3, -0.25) is 0 Å². The molecule has 0 saturated heterocycles. The predicted molar refractivity (Wildman–Crippen MR) is 75.9 cm³/mol. The molecule has 0 N–H and O–H groups in total. The molecule has 1 heterocycles. The Morgan fingerprint density at radius 2 is 1.14 bits per heavy atom. The fraction of sp³-hybridized carbons (Fsp3) is 0.700. The van der Waals surface area contributed by atoms with Gasteiger partial charge < -0.3 is 37.9 Å². The number of rotatable bonds is 6. The van der Waals surface area contributed by atoms with Gasteiger partial charge in [-0.05, 0) is 6.92 Å². The molecule has 0 saturated carbocycles. The van der Waals surface area contributed by atoms with Crippen LogP contribution in [-0.2, 0) is 27.9 Å². The van der Waals surface area contributed by atoms with Crippen molar-refractivity contribution in [2.24, 2.45) is 0 Å². The van der Waals surface area contributed by atoms with Crippen molar-refractivity contribution in [3.63, 3.8) is 0 Å². The molecule has 0 aliphatic carbocycles. The first kappa shape index (κ1) is 25.6. The minimum Gasteiger partial charge on any atom is -0.450 e. The number of aryl methyl sites for hydroxylation is 1. The molecular formula is C10H23B2LiN2O6. The van der Waals surface area contributed by atoms with Gasteiger partial charge in [-0.25, -0.2) is 0 Å². The monoisotopic (exact) mass is 296 g/mol. The fourth-order valence-electron chi connectivity index (χ4n) is 0.876. The molecule has 0 bridgehead atoms. The van der Waals surface area contributed by atoms with Crippen LogP contribution in [0.25, 0.3) is 0 Å². The van der Waals surface area contributed by atoms with Gasteiger partial charge in [-0.15, -0.1) is 0 Å². The smallest absolute Gasteiger partial charge is 0.450 e.